The number of nitrogens with zero attached hydrogens (tertiary/aromatic N) is 2. The number of carbonyl (C=O) groups is 2. The maximum Gasteiger partial charge on any atom is 0.389 e. The van der Waals surface area contributed by atoms with Gasteiger partial charge in [0.25, 0.3) is 5.91 Å². The first-order chi connectivity index (χ1) is 19.2. The molecule has 2 aromatic carbocycles. The predicted octanol–water partition coefficient (Wildman–Crippen LogP) is 7.38. The van der Waals surface area contributed by atoms with Crippen LogP contribution >= 0.6 is 0 Å². The molecule has 1 aromatic heterocycles. The van der Waals surface area contributed by atoms with Gasteiger partial charge in [0.1, 0.15) is 5.76 Å². The summed E-state index contributed by atoms with van der Waals surface area (Å²) >= 11 is 0. The van der Waals surface area contributed by atoms with Crippen molar-refractivity contribution in [3.8, 4) is 11.5 Å². The molecule has 1 fully saturated rings. The number of nitrogens with one attached hydrogen (secondary N) is 1. The maximum absolute atomic E-state index is 13.2. The number of carbonyl (C=O) groups excluding carboxylic acids is 1. The summed E-state index contributed by atoms with van der Waals surface area (Å²) in [4.78, 5) is 30.3. The molecule has 3 aromatic rings. The topological polar surface area (TPSA) is 95.7 Å². The summed E-state index contributed by atoms with van der Waals surface area (Å²) in [6.07, 6.45) is -2.60. The molecule has 1 unspecified atom stereocenters. The minimum atomic E-state index is -4.31. The number of benzene rings is 2. The van der Waals surface area contributed by atoms with Gasteiger partial charge in [0, 0.05) is 41.7 Å². The Balaban J connectivity index is 1.53. The average Bonchev–Trinajstić information content (AvgIpc) is 3.42. The molecule has 1 aliphatic heterocycles. The van der Waals surface area contributed by atoms with Crippen LogP contribution in [-0.2, 0) is 10.2 Å². The fraction of sp³-hybridized carbons (Fsp3) is 0.452. The van der Waals surface area contributed by atoms with E-state index in [2.05, 4.69) is 10.3 Å². The number of carboxylic acid groups (broad SMARTS) is 1. The molecule has 2 heterocycles. The van der Waals surface area contributed by atoms with Gasteiger partial charge in [0.15, 0.2) is 0 Å². The second-order valence-corrected chi connectivity index (χ2v) is 11.7. The Bertz CT molecular complexity index is 1380. The lowest BCUT2D eigenvalue weighted by molar-refractivity contribution is -0.143. The van der Waals surface area contributed by atoms with Gasteiger partial charge in [0.05, 0.1) is 18.2 Å². The minimum absolute atomic E-state index is 0.161. The number of aliphatic carboxylic acids is 1. The van der Waals surface area contributed by atoms with Gasteiger partial charge in [0.2, 0.25) is 5.89 Å². The summed E-state index contributed by atoms with van der Waals surface area (Å²) in [7, 11) is 0. The molecule has 4 rings (SSSR count). The third-order valence-corrected chi connectivity index (χ3v) is 7.38. The SMILES string of the molecule is Cc1cc(-c2ncc(C(C)(C)C)o2)ccc1C(CCC(F)(F)F)Nc1ccc(C(=O)N2CCC[C@@H](C(=O)O)C2)cc1. The van der Waals surface area contributed by atoms with E-state index in [0.29, 0.717) is 42.1 Å². The van der Waals surface area contributed by atoms with Gasteiger partial charge in [-0.05, 0) is 73.7 Å². The monoisotopic (exact) mass is 571 g/mol. The number of alkyl halides is 3. The van der Waals surface area contributed by atoms with E-state index in [1.807, 2.05) is 33.8 Å². The van der Waals surface area contributed by atoms with E-state index >= 15 is 0 Å². The number of piperidine rings is 1. The van der Waals surface area contributed by atoms with Crippen molar-refractivity contribution in [1.29, 1.82) is 0 Å². The molecule has 0 spiro atoms. The van der Waals surface area contributed by atoms with E-state index < -0.39 is 30.5 Å². The lowest BCUT2D eigenvalue weighted by Gasteiger charge is -2.30. The number of rotatable bonds is 8. The van der Waals surface area contributed by atoms with Crippen molar-refractivity contribution in [2.45, 2.75) is 71.0 Å². The molecule has 220 valence electrons. The van der Waals surface area contributed by atoms with Crippen molar-refractivity contribution in [2.75, 3.05) is 18.4 Å². The fourth-order valence-electron chi connectivity index (χ4n) is 5.02. The Kier molecular flexibility index (Phi) is 8.80. The number of halogens is 3. The number of hydrogen-bond donors (Lipinski definition) is 2. The van der Waals surface area contributed by atoms with Crippen LogP contribution in [0.3, 0.4) is 0 Å². The van der Waals surface area contributed by atoms with Gasteiger partial charge < -0.3 is 19.7 Å². The number of likely N-dealkylation sites (tertiary alicyclic amines) is 1. The average molecular weight is 572 g/mol. The third-order valence-electron chi connectivity index (χ3n) is 7.38. The summed E-state index contributed by atoms with van der Waals surface area (Å²) in [6, 6.07) is 11.4. The van der Waals surface area contributed by atoms with Crippen LogP contribution < -0.4 is 5.32 Å². The molecule has 0 aliphatic carbocycles. The zero-order chi connectivity index (χ0) is 29.9. The van der Waals surface area contributed by atoms with Gasteiger partial charge in [-0.15, -0.1) is 0 Å². The van der Waals surface area contributed by atoms with E-state index in [4.69, 9.17) is 4.42 Å². The number of amides is 1. The Morgan fingerprint density at radius 2 is 1.85 bits per heavy atom. The lowest BCUT2D eigenvalue weighted by Crippen LogP contribution is -2.42. The second-order valence-electron chi connectivity index (χ2n) is 11.7. The van der Waals surface area contributed by atoms with E-state index in [0.717, 1.165) is 16.9 Å². The van der Waals surface area contributed by atoms with Crippen molar-refractivity contribution in [2.24, 2.45) is 5.92 Å². The summed E-state index contributed by atoms with van der Waals surface area (Å²) in [6.45, 7) is 8.56. The van der Waals surface area contributed by atoms with Crippen molar-refractivity contribution < 1.29 is 32.3 Å². The molecule has 1 saturated heterocycles. The Labute approximate surface area is 237 Å². The van der Waals surface area contributed by atoms with Crippen LogP contribution in [0.2, 0.25) is 0 Å². The molecule has 2 atom stereocenters. The van der Waals surface area contributed by atoms with E-state index in [1.54, 1.807) is 47.5 Å². The highest BCUT2D eigenvalue weighted by Gasteiger charge is 2.30. The Morgan fingerprint density at radius 1 is 1.15 bits per heavy atom. The van der Waals surface area contributed by atoms with Crippen LogP contribution in [0.4, 0.5) is 18.9 Å². The molecule has 0 bridgehead atoms. The molecule has 0 saturated carbocycles. The standard InChI is InChI=1S/C31H36F3N3O4/c1-19-16-21(27-35-17-26(41-27)30(2,3)4)9-12-24(19)25(13-14-31(32,33)34)36-23-10-7-20(8-11-23)28(38)37-15-5-6-22(18-37)29(39)40/h7-12,16-17,22,25,36H,5-6,13-15,18H2,1-4H3,(H,39,40)/t22-,25?/m1/s1. The van der Waals surface area contributed by atoms with Gasteiger partial charge in [-0.3, -0.25) is 9.59 Å². The fourth-order valence-corrected chi connectivity index (χ4v) is 5.02. The smallest absolute Gasteiger partial charge is 0.389 e. The number of oxazole rings is 1. The van der Waals surface area contributed by atoms with E-state index in [9.17, 15) is 27.9 Å². The van der Waals surface area contributed by atoms with Crippen LogP contribution in [0.25, 0.3) is 11.5 Å². The molecule has 7 nitrogen and oxygen atoms in total. The largest absolute Gasteiger partial charge is 0.481 e. The highest BCUT2D eigenvalue weighted by atomic mass is 19.4. The highest BCUT2D eigenvalue weighted by Crippen LogP contribution is 2.34. The van der Waals surface area contributed by atoms with Gasteiger partial charge in [-0.1, -0.05) is 26.8 Å². The van der Waals surface area contributed by atoms with Crippen LogP contribution in [0, 0.1) is 12.8 Å². The zero-order valence-corrected chi connectivity index (χ0v) is 23.7. The summed E-state index contributed by atoms with van der Waals surface area (Å²) in [5.41, 5.74) is 3.01. The first-order valence-electron chi connectivity index (χ1n) is 13.7. The van der Waals surface area contributed by atoms with Crippen molar-refractivity contribution in [3.05, 3.63) is 71.1 Å². The minimum Gasteiger partial charge on any atom is -0.481 e. The molecule has 2 N–H and O–H groups in total. The van der Waals surface area contributed by atoms with E-state index in [-0.39, 0.29) is 24.3 Å². The Hall–Kier alpha value is -3.82. The quantitative estimate of drug-likeness (QED) is 0.293. The Morgan fingerprint density at radius 3 is 2.44 bits per heavy atom. The van der Waals surface area contributed by atoms with Crippen LogP contribution in [0.1, 0.15) is 79.7 Å². The predicted molar refractivity (Wildman–Crippen MR) is 150 cm³/mol. The van der Waals surface area contributed by atoms with Crippen molar-refractivity contribution in [3.63, 3.8) is 0 Å². The molecule has 41 heavy (non-hydrogen) atoms. The molecular formula is C31H36F3N3O4. The molecule has 10 heteroatoms. The molecule has 0 radical (unpaired) electrons. The van der Waals surface area contributed by atoms with Crippen LogP contribution in [0.15, 0.2) is 53.1 Å². The summed E-state index contributed by atoms with van der Waals surface area (Å²) in [5.74, 6) is -0.563. The van der Waals surface area contributed by atoms with Crippen molar-refractivity contribution >= 4 is 17.6 Å². The second kappa shape index (κ2) is 12.0. The first-order valence-corrected chi connectivity index (χ1v) is 13.7. The highest BCUT2D eigenvalue weighted by molar-refractivity contribution is 5.95. The number of aromatic nitrogens is 1. The zero-order valence-electron chi connectivity index (χ0n) is 23.7. The third kappa shape index (κ3) is 7.68. The normalized spacial score (nSPS) is 16.9. The van der Waals surface area contributed by atoms with Crippen molar-refractivity contribution in [1.82, 2.24) is 9.88 Å². The molecule has 1 amide bonds. The number of hydrogen-bond acceptors (Lipinski definition) is 5. The molecular weight excluding hydrogens is 535 g/mol. The van der Waals surface area contributed by atoms with E-state index in [1.165, 1.54) is 0 Å². The lowest BCUT2D eigenvalue weighted by atomic mass is 9.94. The van der Waals surface area contributed by atoms with Gasteiger partial charge in [-0.25, -0.2) is 4.98 Å². The van der Waals surface area contributed by atoms with Gasteiger partial charge >= 0.3 is 12.1 Å². The number of anilines is 1. The summed E-state index contributed by atoms with van der Waals surface area (Å²) < 4.78 is 45.6. The number of aryl methyl sites for hydroxylation is 1. The first kappa shape index (κ1) is 30.1. The van der Waals surface area contributed by atoms with Crippen LogP contribution in [-0.4, -0.2) is 46.1 Å². The van der Waals surface area contributed by atoms with Gasteiger partial charge in [-0.2, -0.15) is 13.2 Å². The molecule has 1 aliphatic rings. The number of carboxylic acids is 1. The van der Waals surface area contributed by atoms with Crippen LogP contribution in [0.5, 0.6) is 0 Å². The maximum atomic E-state index is 13.2. The summed E-state index contributed by atoms with van der Waals surface area (Å²) in [5, 5.41) is 12.5.